The maximum absolute atomic E-state index is 10.7. The van der Waals surface area contributed by atoms with Gasteiger partial charge in [-0.05, 0) is 105 Å². The van der Waals surface area contributed by atoms with Crippen LogP contribution in [0.1, 0.15) is 93.4 Å². The number of hydrogen-bond donors (Lipinski definition) is 1. The average Bonchev–Trinajstić information content (AvgIpc) is 3.02. The molecule has 6 atom stereocenters. The molecule has 1 fully saturated rings. The Bertz CT molecular complexity index is 780. The quantitative estimate of drug-likeness (QED) is 0.504. The zero-order valence-electron chi connectivity index (χ0n) is 20.5. The van der Waals surface area contributed by atoms with E-state index < -0.39 is 0 Å². The molecule has 0 aromatic heterocycles. The fourth-order valence-electron chi connectivity index (χ4n) is 7.91. The average molecular weight is 413 g/mol. The molecule has 4 rings (SSSR count). The van der Waals surface area contributed by atoms with Crippen LogP contribution in [0.15, 0.2) is 34.4 Å². The summed E-state index contributed by atoms with van der Waals surface area (Å²) in [5.74, 6) is 1.18. The number of fused-ring (bicyclic) bond motifs is 4. The van der Waals surface area contributed by atoms with Gasteiger partial charge in [0.25, 0.3) is 0 Å². The SMILES string of the molecule is CC(C)=CCO[C@@H](C)[C@H]1CC=C2C3=C(CC[C@@]21C)[C@@]1(C)CC[C@H](O)C(C)(C)[C@H]1CC3. The van der Waals surface area contributed by atoms with Crippen LogP contribution < -0.4 is 0 Å². The van der Waals surface area contributed by atoms with Crippen molar-refractivity contribution in [3.05, 3.63) is 34.4 Å². The molecule has 0 amide bonds. The highest BCUT2D eigenvalue weighted by atomic mass is 16.5. The number of aliphatic hydroxyl groups excluding tert-OH is 1. The third kappa shape index (κ3) is 3.28. The summed E-state index contributed by atoms with van der Waals surface area (Å²) in [4.78, 5) is 0. The van der Waals surface area contributed by atoms with E-state index >= 15 is 0 Å². The number of aliphatic hydroxyl groups is 1. The van der Waals surface area contributed by atoms with Crippen molar-refractivity contribution in [2.45, 2.75) is 106 Å². The summed E-state index contributed by atoms with van der Waals surface area (Å²) in [6, 6.07) is 0. The van der Waals surface area contributed by atoms with Crippen LogP contribution in [0, 0.1) is 28.1 Å². The highest BCUT2D eigenvalue weighted by Gasteiger charge is 2.57. The monoisotopic (exact) mass is 412 g/mol. The van der Waals surface area contributed by atoms with E-state index in [1.165, 1.54) is 31.3 Å². The van der Waals surface area contributed by atoms with E-state index in [2.05, 4.69) is 60.6 Å². The Kier molecular flexibility index (Phi) is 5.68. The van der Waals surface area contributed by atoms with Gasteiger partial charge in [-0.25, -0.2) is 0 Å². The van der Waals surface area contributed by atoms with E-state index in [9.17, 15) is 5.11 Å². The van der Waals surface area contributed by atoms with Crippen LogP contribution in [0.2, 0.25) is 0 Å². The van der Waals surface area contributed by atoms with E-state index in [-0.39, 0.29) is 28.5 Å². The zero-order chi connectivity index (χ0) is 21.9. The lowest BCUT2D eigenvalue weighted by atomic mass is 9.46. The zero-order valence-corrected chi connectivity index (χ0v) is 20.5. The minimum absolute atomic E-state index is 0.0200. The Morgan fingerprint density at radius 2 is 1.87 bits per heavy atom. The second-order valence-electron chi connectivity index (χ2n) is 12.0. The van der Waals surface area contributed by atoms with Crippen LogP contribution in [0.3, 0.4) is 0 Å². The minimum Gasteiger partial charge on any atom is -0.393 e. The lowest BCUT2D eigenvalue weighted by molar-refractivity contribution is -0.0909. The van der Waals surface area contributed by atoms with E-state index in [0.717, 1.165) is 25.9 Å². The van der Waals surface area contributed by atoms with Gasteiger partial charge in [0.15, 0.2) is 0 Å². The van der Waals surface area contributed by atoms with Crippen LogP contribution in [0.25, 0.3) is 0 Å². The second kappa shape index (κ2) is 7.62. The number of ether oxygens (including phenoxy) is 1. The van der Waals surface area contributed by atoms with Crippen LogP contribution >= 0.6 is 0 Å². The molecule has 1 N–H and O–H groups in total. The number of rotatable bonds is 4. The van der Waals surface area contributed by atoms with E-state index in [1.807, 2.05) is 0 Å². The van der Waals surface area contributed by atoms with Crippen molar-refractivity contribution in [3.63, 3.8) is 0 Å². The fraction of sp³-hybridized carbons (Fsp3) is 0.786. The van der Waals surface area contributed by atoms with Crippen LogP contribution in [0.5, 0.6) is 0 Å². The summed E-state index contributed by atoms with van der Waals surface area (Å²) in [7, 11) is 0. The molecular weight excluding hydrogens is 368 g/mol. The molecule has 0 saturated heterocycles. The topological polar surface area (TPSA) is 29.5 Å². The Balaban J connectivity index is 1.60. The van der Waals surface area contributed by atoms with Gasteiger partial charge in [-0.2, -0.15) is 0 Å². The second-order valence-corrected chi connectivity index (χ2v) is 12.0. The highest BCUT2D eigenvalue weighted by molar-refractivity contribution is 5.50. The predicted molar refractivity (Wildman–Crippen MR) is 125 cm³/mol. The molecule has 2 heteroatoms. The molecule has 0 heterocycles. The summed E-state index contributed by atoms with van der Waals surface area (Å²) in [6.07, 6.45) is 13.1. The van der Waals surface area contributed by atoms with Gasteiger partial charge in [-0.15, -0.1) is 0 Å². The summed E-state index contributed by atoms with van der Waals surface area (Å²) in [5.41, 5.74) is 6.99. The van der Waals surface area contributed by atoms with E-state index in [1.54, 1.807) is 16.7 Å². The first kappa shape index (κ1) is 22.3. The van der Waals surface area contributed by atoms with Crippen molar-refractivity contribution < 1.29 is 9.84 Å². The molecule has 1 saturated carbocycles. The summed E-state index contributed by atoms with van der Waals surface area (Å²) in [6.45, 7) is 17.0. The highest BCUT2D eigenvalue weighted by Crippen LogP contribution is 2.66. The third-order valence-corrected chi connectivity index (χ3v) is 9.85. The molecule has 30 heavy (non-hydrogen) atoms. The van der Waals surface area contributed by atoms with Gasteiger partial charge < -0.3 is 9.84 Å². The molecule has 0 aliphatic heterocycles. The number of hydrogen-bond acceptors (Lipinski definition) is 2. The van der Waals surface area contributed by atoms with Gasteiger partial charge in [-0.1, -0.05) is 51.0 Å². The van der Waals surface area contributed by atoms with E-state index in [4.69, 9.17) is 4.74 Å². The van der Waals surface area contributed by atoms with Gasteiger partial charge in [0.1, 0.15) is 0 Å². The Hall–Kier alpha value is -0.860. The molecule has 4 aliphatic rings. The Labute approximate surface area is 184 Å². The van der Waals surface area contributed by atoms with Crippen molar-refractivity contribution in [1.29, 1.82) is 0 Å². The normalized spacial score (nSPS) is 40.8. The standard InChI is InChI=1S/C28H44O2/c1-18(2)14-17-30-19(3)21-9-10-22-20-8-11-24-26(4,5)25(29)13-16-28(24,7)23(20)12-15-27(21,22)6/h10,14,19,21,24-25,29H,8-9,11-13,15-17H2,1-7H3/t19-,21+,24+,25-,27+,28+/m0/s1. The summed E-state index contributed by atoms with van der Waals surface area (Å²) < 4.78 is 6.28. The van der Waals surface area contributed by atoms with Crippen molar-refractivity contribution in [2.75, 3.05) is 6.61 Å². The van der Waals surface area contributed by atoms with Crippen molar-refractivity contribution in [1.82, 2.24) is 0 Å². The van der Waals surface area contributed by atoms with Crippen LogP contribution in [0.4, 0.5) is 0 Å². The lowest BCUT2D eigenvalue weighted by Gasteiger charge is -2.59. The summed E-state index contributed by atoms with van der Waals surface area (Å²) in [5, 5.41) is 10.7. The first-order chi connectivity index (χ1) is 14.0. The van der Waals surface area contributed by atoms with Gasteiger partial charge in [0, 0.05) is 0 Å². The van der Waals surface area contributed by atoms with Crippen molar-refractivity contribution >= 4 is 0 Å². The molecule has 2 nitrogen and oxygen atoms in total. The molecule has 0 radical (unpaired) electrons. The predicted octanol–water partition coefficient (Wildman–Crippen LogP) is 7.00. The third-order valence-electron chi connectivity index (χ3n) is 9.85. The molecule has 0 spiro atoms. The minimum atomic E-state index is -0.152. The fourth-order valence-corrected chi connectivity index (χ4v) is 7.91. The molecule has 0 bridgehead atoms. The molecule has 0 aromatic rings. The van der Waals surface area contributed by atoms with Crippen molar-refractivity contribution in [3.8, 4) is 0 Å². The number of allylic oxidation sites excluding steroid dienone is 5. The molecule has 168 valence electrons. The molecular formula is C28H44O2. The maximum Gasteiger partial charge on any atom is 0.0653 e. The van der Waals surface area contributed by atoms with Crippen LogP contribution in [-0.4, -0.2) is 23.9 Å². The van der Waals surface area contributed by atoms with Gasteiger partial charge in [0.2, 0.25) is 0 Å². The molecule has 4 aliphatic carbocycles. The molecule has 0 unspecified atom stereocenters. The first-order valence-corrected chi connectivity index (χ1v) is 12.4. The largest absolute Gasteiger partial charge is 0.393 e. The molecule has 0 aromatic carbocycles. The smallest absolute Gasteiger partial charge is 0.0653 e. The van der Waals surface area contributed by atoms with Gasteiger partial charge in [0.05, 0.1) is 18.8 Å². The Morgan fingerprint density at radius 1 is 1.13 bits per heavy atom. The van der Waals surface area contributed by atoms with Crippen LogP contribution in [-0.2, 0) is 4.74 Å². The van der Waals surface area contributed by atoms with Crippen molar-refractivity contribution in [2.24, 2.45) is 28.1 Å². The maximum atomic E-state index is 10.7. The summed E-state index contributed by atoms with van der Waals surface area (Å²) >= 11 is 0. The van der Waals surface area contributed by atoms with E-state index in [0.29, 0.717) is 11.8 Å². The van der Waals surface area contributed by atoms with Gasteiger partial charge >= 0.3 is 0 Å². The van der Waals surface area contributed by atoms with Gasteiger partial charge in [-0.3, -0.25) is 0 Å². The Morgan fingerprint density at radius 3 is 2.57 bits per heavy atom. The lowest BCUT2D eigenvalue weighted by Crippen LogP contribution is -2.53. The first-order valence-electron chi connectivity index (χ1n) is 12.4.